The first kappa shape index (κ1) is 26.3. The second-order valence-corrected chi connectivity index (χ2v) is 9.87. The lowest BCUT2D eigenvalue weighted by Gasteiger charge is -2.29. The Morgan fingerprint density at radius 3 is 2.39 bits per heavy atom. The van der Waals surface area contributed by atoms with Crippen LogP contribution in [0.15, 0.2) is 48.5 Å². The molecule has 0 atom stereocenters. The van der Waals surface area contributed by atoms with E-state index in [1.54, 1.807) is 6.07 Å². The van der Waals surface area contributed by atoms with Crippen molar-refractivity contribution in [1.82, 2.24) is 0 Å². The summed E-state index contributed by atoms with van der Waals surface area (Å²) in [6, 6.07) is 16.0. The van der Waals surface area contributed by atoms with E-state index in [1.165, 1.54) is 44.2 Å². The summed E-state index contributed by atoms with van der Waals surface area (Å²) >= 11 is 0. The molecule has 4 rings (SSSR count). The molecule has 0 spiro atoms. The minimum Gasteiger partial charge on any atom is -0.352 e. The number of halogens is 2. The monoisotopic (exact) mass is 491 g/mol. The van der Waals surface area contributed by atoms with E-state index in [-0.39, 0.29) is 17.7 Å². The van der Waals surface area contributed by atoms with Crippen molar-refractivity contribution >= 4 is 10.8 Å². The van der Waals surface area contributed by atoms with Crippen molar-refractivity contribution in [3.8, 4) is 6.07 Å². The third kappa shape index (κ3) is 6.90. The molecule has 0 radical (unpaired) electrons. The maximum atomic E-state index is 15.2. The van der Waals surface area contributed by atoms with E-state index in [0.29, 0.717) is 29.7 Å². The first-order valence-corrected chi connectivity index (χ1v) is 13.2. The van der Waals surface area contributed by atoms with Gasteiger partial charge in [0.2, 0.25) is 0 Å². The van der Waals surface area contributed by atoms with Gasteiger partial charge in [0.1, 0.15) is 17.7 Å². The Morgan fingerprint density at radius 2 is 1.64 bits per heavy atom. The predicted molar refractivity (Wildman–Crippen MR) is 139 cm³/mol. The van der Waals surface area contributed by atoms with Crippen LogP contribution >= 0.6 is 0 Å². The Kier molecular flexibility index (Phi) is 9.44. The Labute approximate surface area is 213 Å². The van der Waals surface area contributed by atoms with Gasteiger partial charge < -0.3 is 9.47 Å². The molecule has 0 saturated carbocycles. The summed E-state index contributed by atoms with van der Waals surface area (Å²) in [7, 11) is 0. The molecule has 0 amide bonds. The summed E-state index contributed by atoms with van der Waals surface area (Å²) in [5.74, 6) is -0.253. The molecule has 5 heteroatoms. The smallest absolute Gasteiger partial charge is 0.157 e. The SMILES string of the molecule is CCCCCCC1COC(CCc2ccc3c(F)c(CCc4ccc(C#N)c(F)c4)ccc3c2)OC1. The lowest BCUT2D eigenvalue weighted by atomic mass is 9.97. The highest BCUT2D eigenvalue weighted by Gasteiger charge is 2.21. The van der Waals surface area contributed by atoms with Gasteiger partial charge in [0, 0.05) is 17.7 Å². The quantitative estimate of drug-likeness (QED) is 0.259. The highest BCUT2D eigenvalue weighted by Crippen LogP contribution is 2.26. The van der Waals surface area contributed by atoms with Gasteiger partial charge in [0.25, 0.3) is 0 Å². The van der Waals surface area contributed by atoms with Crippen molar-refractivity contribution in [3.05, 3.63) is 82.4 Å². The van der Waals surface area contributed by atoms with E-state index >= 15 is 4.39 Å². The molecule has 3 aromatic rings. The first-order valence-electron chi connectivity index (χ1n) is 13.2. The zero-order valence-corrected chi connectivity index (χ0v) is 21.1. The van der Waals surface area contributed by atoms with Crippen molar-refractivity contribution in [2.75, 3.05) is 13.2 Å². The molecule has 0 bridgehead atoms. The number of benzene rings is 3. The second-order valence-electron chi connectivity index (χ2n) is 9.87. The summed E-state index contributed by atoms with van der Waals surface area (Å²) in [4.78, 5) is 0. The van der Waals surface area contributed by atoms with Gasteiger partial charge in [-0.05, 0) is 59.9 Å². The van der Waals surface area contributed by atoms with Gasteiger partial charge in [-0.3, -0.25) is 0 Å². The predicted octanol–water partition coefficient (Wildman–Crippen LogP) is 7.67. The van der Waals surface area contributed by atoms with Crippen LogP contribution in [0.4, 0.5) is 8.78 Å². The van der Waals surface area contributed by atoms with E-state index in [2.05, 4.69) is 6.92 Å². The highest BCUT2D eigenvalue weighted by molar-refractivity contribution is 5.84. The largest absolute Gasteiger partial charge is 0.352 e. The minimum absolute atomic E-state index is 0.0232. The van der Waals surface area contributed by atoms with E-state index in [9.17, 15) is 4.39 Å². The molecule has 1 aliphatic heterocycles. The number of nitriles is 1. The summed E-state index contributed by atoms with van der Waals surface area (Å²) < 4.78 is 41.0. The molecule has 3 aromatic carbocycles. The third-order valence-electron chi connectivity index (χ3n) is 7.11. The maximum Gasteiger partial charge on any atom is 0.157 e. The average molecular weight is 492 g/mol. The fourth-order valence-corrected chi connectivity index (χ4v) is 4.88. The fourth-order valence-electron chi connectivity index (χ4n) is 4.88. The Bertz CT molecular complexity index is 1200. The van der Waals surface area contributed by atoms with Crippen molar-refractivity contribution in [1.29, 1.82) is 5.26 Å². The molecular weight excluding hydrogens is 456 g/mol. The van der Waals surface area contributed by atoms with Crippen LogP contribution in [0.3, 0.4) is 0 Å². The van der Waals surface area contributed by atoms with Gasteiger partial charge in [-0.2, -0.15) is 5.26 Å². The van der Waals surface area contributed by atoms with Crippen LogP contribution in [0, 0.1) is 28.9 Å². The summed E-state index contributed by atoms with van der Waals surface area (Å²) in [6.07, 6.45) is 8.67. The van der Waals surface area contributed by atoms with Gasteiger partial charge >= 0.3 is 0 Å². The molecule has 0 aliphatic carbocycles. The van der Waals surface area contributed by atoms with Gasteiger partial charge in [-0.1, -0.05) is 69.0 Å². The van der Waals surface area contributed by atoms with Crippen molar-refractivity contribution in [2.45, 2.75) is 71.0 Å². The third-order valence-corrected chi connectivity index (χ3v) is 7.11. The topological polar surface area (TPSA) is 42.2 Å². The number of ether oxygens (including phenoxy) is 2. The van der Waals surface area contributed by atoms with E-state index < -0.39 is 5.82 Å². The Balaban J connectivity index is 1.29. The van der Waals surface area contributed by atoms with Crippen molar-refractivity contribution in [3.63, 3.8) is 0 Å². The molecule has 3 nitrogen and oxygen atoms in total. The summed E-state index contributed by atoms with van der Waals surface area (Å²) in [5, 5.41) is 10.3. The van der Waals surface area contributed by atoms with Crippen LogP contribution in [0.5, 0.6) is 0 Å². The zero-order chi connectivity index (χ0) is 25.3. The van der Waals surface area contributed by atoms with Crippen LogP contribution in [-0.2, 0) is 28.7 Å². The molecule has 1 fully saturated rings. The molecule has 1 saturated heterocycles. The van der Waals surface area contributed by atoms with Crippen LogP contribution in [0.25, 0.3) is 10.8 Å². The molecule has 0 aromatic heterocycles. The normalized spacial score (nSPS) is 17.8. The molecule has 0 unspecified atom stereocenters. The zero-order valence-electron chi connectivity index (χ0n) is 21.1. The van der Waals surface area contributed by atoms with E-state index in [1.807, 2.05) is 36.4 Å². The molecular formula is C31H35F2NO2. The van der Waals surface area contributed by atoms with E-state index in [4.69, 9.17) is 14.7 Å². The fraction of sp³-hybridized carbons (Fsp3) is 0.452. The lowest BCUT2D eigenvalue weighted by Crippen LogP contribution is -2.32. The molecule has 190 valence electrons. The summed E-state index contributed by atoms with van der Waals surface area (Å²) in [6.45, 7) is 3.78. The highest BCUT2D eigenvalue weighted by atomic mass is 19.1. The van der Waals surface area contributed by atoms with Crippen molar-refractivity contribution < 1.29 is 18.3 Å². The van der Waals surface area contributed by atoms with Crippen LogP contribution in [-0.4, -0.2) is 19.5 Å². The number of unbranched alkanes of at least 4 members (excludes halogenated alkanes) is 3. The minimum atomic E-state index is -0.534. The Morgan fingerprint density at radius 1 is 0.861 bits per heavy atom. The van der Waals surface area contributed by atoms with Gasteiger partial charge in [-0.15, -0.1) is 0 Å². The van der Waals surface area contributed by atoms with Crippen LogP contribution in [0.1, 0.15) is 67.7 Å². The number of fused-ring (bicyclic) bond motifs is 1. The van der Waals surface area contributed by atoms with E-state index in [0.717, 1.165) is 42.6 Å². The first-order chi connectivity index (χ1) is 17.6. The number of hydrogen-bond acceptors (Lipinski definition) is 3. The van der Waals surface area contributed by atoms with Gasteiger partial charge in [-0.25, -0.2) is 8.78 Å². The Hall–Kier alpha value is -2.81. The maximum absolute atomic E-state index is 15.2. The summed E-state index contributed by atoms with van der Waals surface area (Å²) in [5.41, 5.74) is 2.51. The molecule has 1 aliphatic rings. The van der Waals surface area contributed by atoms with Crippen LogP contribution < -0.4 is 0 Å². The standard InChI is InChI=1S/C31H35F2NO2/c1-2-3-4-5-6-24-20-35-30(36-21-24)16-10-22-9-15-28-26(17-22)14-13-25(31(28)33)11-7-23-8-12-27(19-34)29(32)18-23/h8-9,12-15,17-18,24,30H,2-7,10-11,16,20-21H2,1H3. The van der Waals surface area contributed by atoms with Gasteiger partial charge in [0.05, 0.1) is 18.8 Å². The lowest BCUT2D eigenvalue weighted by molar-refractivity contribution is -0.203. The molecule has 1 heterocycles. The number of nitrogens with zero attached hydrogens (tertiary/aromatic N) is 1. The second kappa shape index (κ2) is 12.9. The van der Waals surface area contributed by atoms with Crippen LogP contribution in [0.2, 0.25) is 0 Å². The molecule has 36 heavy (non-hydrogen) atoms. The molecule has 0 N–H and O–H groups in total. The van der Waals surface area contributed by atoms with Crippen molar-refractivity contribution in [2.24, 2.45) is 5.92 Å². The number of aryl methyl sites for hydroxylation is 3. The van der Waals surface area contributed by atoms with Gasteiger partial charge in [0.15, 0.2) is 6.29 Å². The number of hydrogen-bond donors (Lipinski definition) is 0. The number of rotatable bonds is 11. The average Bonchev–Trinajstić information content (AvgIpc) is 2.90.